The summed E-state index contributed by atoms with van der Waals surface area (Å²) in [4.78, 5) is 0. The van der Waals surface area contributed by atoms with Crippen LogP contribution in [0.25, 0.3) is 0 Å². The summed E-state index contributed by atoms with van der Waals surface area (Å²) in [5, 5.41) is 8.39. The Morgan fingerprint density at radius 1 is 1.29 bits per heavy atom. The van der Waals surface area contributed by atoms with Crippen LogP contribution in [0.3, 0.4) is 0 Å². The summed E-state index contributed by atoms with van der Waals surface area (Å²) in [7, 11) is 0. The van der Waals surface area contributed by atoms with E-state index in [-0.39, 0.29) is 6.61 Å². The average Bonchev–Trinajstić information content (AvgIpc) is 2.78. The van der Waals surface area contributed by atoms with Crippen LogP contribution < -0.4 is 4.74 Å². The second kappa shape index (κ2) is 5.19. The molecular formula is C12H13ClN2O2. The van der Waals surface area contributed by atoms with Crippen molar-refractivity contribution in [2.24, 2.45) is 0 Å². The van der Waals surface area contributed by atoms with Gasteiger partial charge >= 0.3 is 0 Å². The van der Waals surface area contributed by atoms with E-state index in [2.05, 4.69) is 10.2 Å². The first-order valence-corrected chi connectivity index (χ1v) is 5.77. The second-order valence-corrected chi connectivity index (χ2v) is 4.08. The molecule has 5 heteroatoms. The number of aryl methyl sites for hydroxylation is 2. The number of rotatable bonds is 4. The first-order valence-electron chi connectivity index (χ1n) is 5.39. The molecule has 17 heavy (non-hydrogen) atoms. The van der Waals surface area contributed by atoms with Crippen LogP contribution in [0.5, 0.6) is 5.75 Å². The minimum Gasteiger partial charge on any atom is -0.483 e. The van der Waals surface area contributed by atoms with Gasteiger partial charge < -0.3 is 9.15 Å². The predicted octanol–water partition coefficient (Wildman–Crippen LogP) is 3.17. The minimum atomic E-state index is 0.258. The van der Waals surface area contributed by atoms with Crippen molar-refractivity contribution in [3.05, 3.63) is 40.6 Å². The molecular weight excluding hydrogens is 240 g/mol. The zero-order chi connectivity index (χ0) is 12.3. The van der Waals surface area contributed by atoms with Crippen LogP contribution >= 0.6 is 11.6 Å². The first-order chi connectivity index (χ1) is 8.19. The van der Waals surface area contributed by atoms with Gasteiger partial charge in [-0.2, -0.15) is 0 Å². The Bertz CT molecular complexity index is 511. The molecule has 0 saturated heterocycles. The summed E-state index contributed by atoms with van der Waals surface area (Å²) in [6, 6.07) is 5.50. The highest BCUT2D eigenvalue weighted by atomic mass is 35.5. The maximum atomic E-state index is 5.89. The average molecular weight is 253 g/mol. The van der Waals surface area contributed by atoms with Gasteiger partial charge in [0.25, 0.3) is 5.89 Å². The maximum Gasteiger partial charge on any atom is 0.253 e. The highest BCUT2D eigenvalue weighted by Gasteiger charge is 2.06. The van der Waals surface area contributed by atoms with Crippen molar-refractivity contribution >= 4 is 11.6 Å². The molecule has 0 atom stereocenters. The maximum absolute atomic E-state index is 5.89. The normalized spacial score (nSPS) is 10.5. The van der Waals surface area contributed by atoms with Crippen molar-refractivity contribution in [3.8, 4) is 5.75 Å². The van der Waals surface area contributed by atoms with Gasteiger partial charge in [-0.05, 0) is 24.6 Å². The molecule has 0 spiro atoms. The van der Waals surface area contributed by atoms with Gasteiger partial charge in [-0.15, -0.1) is 10.2 Å². The van der Waals surface area contributed by atoms with Crippen LogP contribution in [-0.2, 0) is 13.0 Å². The van der Waals surface area contributed by atoms with Crippen LogP contribution in [0.15, 0.2) is 22.6 Å². The lowest BCUT2D eigenvalue weighted by molar-refractivity contribution is 0.258. The Labute approximate surface area is 105 Å². The summed E-state index contributed by atoms with van der Waals surface area (Å²) in [6.45, 7) is 4.17. The van der Waals surface area contributed by atoms with Gasteiger partial charge in [0.05, 0.1) is 0 Å². The molecule has 0 aliphatic rings. The number of benzene rings is 1. The standard InChI is InChI=1S/C12H13ClN2O2/c1-3-11-14-15-12(17-11)7-16-10-6-9(13)5-4-8(10)2/h4-6H,3,7H2,1-2H3. The van der Waals surface area contributed by atoms with Crippen molar-refractivity contribution in [2.45, 2.75) is 26.9 Å². The van der Waals surface area contributed by atoms with Crippen LogP contribution in [-0.4, -0.2) is 10.2 Å². The molecule has 2 aromatic rings. The van der Waals surface area contributed by atoms with Gasteiger partial charge in [0.2, 0.25) is 5.89 Å². The zero-order valence-electron chi connectivity index (χ0n) is 9.74. The fourth-order valence-electron chi connectivity index (χ4n) is 1.36. The fraction of sp³-hybridized carbons (Fsp3) is 0.333. The van der Waals surface area contributed by atoms with E-state index in [1.807, 2.05) is 26.0 Å². The van der Waals surface area contributed by atoms with E-state index in [1.165, 1.54) is 0 Å². The van der Waals surface area contributed by atoms with Crippen molar-refractivity contribution in [2.75, 3.05) is 0 Å². The van der Waals surface area contributed by atoms with Crippen LogP contribution in [0.2, 0.25) is 5.02 Å². The molecule has 0 unspecified atom stereocenters. The third-order valence-electron chi connectivity index (χ3n) is 2.31. The van der Waals surface area contributed by atoms with Gasteiger partial charge in [0.1, 0.15) is 5.75 Å². The Morgan fingerprint density at radius 3 is 2.76 bits per heavy atom. The lowest BCUT2D eigenvalue weighted by Crippen LogP contribution is -1.97. The third-order valence-corrected chi connectivity index (χ3v) is 2.55. The number of hydrogen-bond donors (Lipinski definition) is 0. The van der Waals surface area contributed by atoms with Crippen molar-refractivity contribution in [3.63, 3.8) is 0 Å². The molecule has 0 saturated carbocycles. The van der Waals surface area contributed by atoms with Crippen molar-refractivity contribution in [1.29, 1.82) is 0 Å². The number of halogens is 1. The van der Waals surface area contributed by atoms with Crippen molar-refractivity contribution < 1.29 is 9.15 Å². The quantitative estimate of drug-likeness (QED) is 0.839. The topological polar surface area (TPSA) is 48.2 Å². The molecule has 0 fully saturated rings. The molecule has 0 aliphatic carbocycles. The Morgan fingerprint density at radius 2 is 2.06 bits per heavy atom. The van der Waals surface area contributed by atoms with E-state index in [9.17, 15) is 0 Å². The zero-order valence-corrected chi connectivity index (χ0v) is 10.5. The molecule has 90 valence electrons. The molecule has 0 bridgehead atoms. The number of hydrogen-bond acceptors (Lipinski definition) is 4. The van der Waals surface area contributed by atoms with Crippen LogP contribution in [0, 0.1) is 6.92 Å². The minimum absolute atomic E-state index is 0.258. The smallest absolute Gasteiger partial charge is 0.253 e. The Hall–Kier alpha value is -1.55. The molecule has 1 aromatic heterocycles. The Kier molecular flexibility index (Phi) is 3.64. The number of aromatic nitrogens is 2. The van der Waals surface area contributed by atoms with E-state index >= 15 is 0 Å². The Balaban J connectivity index is 2.04. The molecule has 2 rings (SSSR count). The fourth-order valence-corrected chi connectivity index (χ4v) is 1.52. The second-order valence-electron chi connectivity index (χ2n) is 3.64. The SMILES string of the molecule is CCc1nnc(COc2cc(Cl)ccc2C)o1. The molecule has 4 nitrogen and oxygen atoms in total. The van der Waals surface area contributed by atoms with Crippen LogP contribution in [0.4, 0.5) is 0 Å². The molecule has 0 amide bonds. The van der Waals surface area contributed by atoms with E-state index < -0.39 is 0 Å². The summed E-state index contributed by atoms with van der Waals surface area (Å²) in [5.74, 6) is 1.82. The monoisotopic (exact) mass is 252 g/mol. The molecule has 0 aliphatic heterocycles. The van der Waals surface area contributed by atoms with E-state index in [0.29, 0.717) is 16.8 Å². The van der Waals surface area contributed by atoms with Crippen LogP contribution in [0.1, 0.15) is 24.3 Å². The predicted molar refractivity (Wildman–Crippen MR) is 64.2 cm³/mol. The number of ether oxygens (including phenoxy) is 1. The van der Waals surface area contributed by atoms with Gasteiger partial charge in [0, 0.05) is 11.4 Å². The first kappa shape index (κ1) is 11.9. The van der Waals surface area contributed by atoms with Crippen molar-refractivity contribution in [1.82, 2.24) is 10.2 Å². The molecule has 0 N–H and O–H groups in total. The van der Waals surface area contributed by atoms with Gasteiger partial charge in [-0.1, -0.05) is 24.6 Å². The summed E-state index contributed by atoms with van der Waals surface area (Å²) in [5.41, 5.74) is 1.02. The highest BCUT2D eigenvalue weighted by Crippen LogP contribution is 2.23. The van der Waals surface area contributed by atoms with E-state index in [0.717, 1.165) is 17.7 Å². The van der Waals surface area contributed by atoms with Gasteiger partial charge in [0.15, 0.2) is 6.61 Å². The highest BCUT2D eigenvalue weighted by molar-refractivity contribution is 6.30. The van der Waals surface area contributed by atoms with Gasteiger partial charge in [-0.25, -0.2) is 0 Å². The third kappa shape index (κ3) is 2.97. The summed E-state index contributed by atoms with van der Waals surface area (Å²) in [6.07, 6.45) is 0.725. The van der Waals surface area contributed by atoms with Gasteiger partial charge in [-0.3, -0.25) is 0 Å². The largest absolute Gasteiger partial charge is 0.483 e. The summed E-state index contributed by atoms with van der Waals surface area (Å²) >= 11 is 5.89. The lowest BCUT2D eigenvalue weighted by atomic mass is 10.2. The lowest BCUT2D eigenvalue weighted by Gasteiger charge is -2.06. The van der Waals surface area contributed by atoms with E-state index in [4.69, 9.17) is 20.8 Å². The number of nitrogens with zero attached hydrogens (tertiary/aromatic N) is 2. The molecule has 1 heterocycles. The summed E-state index contributed by atoms with van der Waals surface area (Å²) < 4.78 is 10.9. The molecule has 0 radical (unpaired) electrons. The van der Waals surface area contributed by atoms with E-state index in [1.54, 1.807) is 6.07 Å². The molecule has 1 aromatic carbocycles.